The number of benzene rings is 5. The Morgan fingerprint density at radius 3 is 1.69 bits per heavy atom. The van der Waals surface area contributed by atoms with Crippen molar-refractivity contribution < 1.29 is 28.6 Å². The molecular weight excluding hydrogens is 961 g/mol. The van der Waals surface area contributed by atoms with Crippen molar-refractivity contribution >= 4 is 17.8 Å². The standard InChI is InChI=1S/C65H80N6O6/c1-44(2)53-42-47(61(73)69(7)35-21-33-68(6)34-22-36-70(8)65(48-23-14-11-15-24-48,49-25-16-12-17-26-49)50-27-18-13-19-28-50)31-32-55(53)71-56(59-57(75-9)29-20-30-58(59)76-10)43-54(67-71)60(72)66-64(62(74)77-63(3,4)5)51-38-45-37-46(40-51)41-52(64)39-45/h11-20,23-32,42-46,51-52H,21-22,33-41H2,1-10H3,(H,66,72). The van der Waals surface area contributed by atoms with Gasteiger partial charge in [-0.3, -0.25) is 14.5 Å². The number of hydrogen-bond acceptors (Lipinski definition) is 9. The molecule has 12 heteroatoms. The molecule has 0 saturated heterocycles. The molecule has 77 heavy (non-hydrogen) atoms. The number of nitrogens with zero attached hydrogens (tertiary/aromatic N) is 5. The van der Waals surface area contributed by atoms with Gasteiger partial charge in [0.15, 0.2) is 5.69 Å². The number of esters is 1. The monoisotopic (exact) mass is 1040 g/mol. The van der Waals surface area contributed by atoms with Crippen LogP contribution in [-0.2, 0) is 15.1 Å². The van der Waals surface area contributed by atoms with Gasteiger partial charge in [-0.25, -0.2) is 9.48 Å². The quantitative estimate of drug-likeness (QED) is 0.0555. The highest BCUT2D eigenvalue weighted by Gasteiger charge is 2.63. The molecule has 0 spiro atoms. The first-order valence-electron chi connectivity index (χ1n) is 27.8. The summed E-state index contributed by atoms with van der Waals surface area (Å²) in [6, 6.07) is 45.5. The highest BCUT2D eigenvalue weighted by atomic mass is 16.6. The third-order valence-electron chi connectivity index (χ3n) is 16.8. The summed E-state index contributed by atoms with van der Waals surface area (Å²) in [4.78, 5) is 50.5. The van der Waals surface area contributed by atoms with Crippen LogP contribution < -0.4 is 14.8 Å². The van der Waals surface area contributed by atoms with Crippen LogP contribution in [0.2, 0.25) is 0 Å². The second kappa shape index (κ2) is 23.1. The largest absolute Gasteiger partial charge is 0.496 e. The Hall–Kier alpha value is -6.76. The van der Waals surface area contributed by atoms with Crippen molar-refractivity contribution in [1.29, 1.82) is 0 Å². The van der Waals surface area contributed by atoms with E-state index in [1.807, 2.05) is 64.2 Å². The Morgan fingerprint density at radius 1 is 0.675 bits per heavy atom. The maximum absolute atomic E-state index is 15.0. The van der Waals surface area contributed by atoms with Gasteiger partial charge in [-0.1, -0.05) is 111 Å². The van der Waals surface area contributed by atoms with Crippen LogP contribution in [0.5, 0.6) is 11.5 Å². The highest BCUT2D eigenvalue weighted by Crippen LogP contribution is 2.59. The van der Waals surface area contributed by atoms with E-state index in [9.17, 15) is 14.4 Å². The second-order valence-electron chi connectivity index (χ2n) is 23.4. The number of hydrogen-bond donors (Lipinski definition) is 1. The molecule has 0 unspecified atom stereocenters. The zero-order valence-electron chi connectivity index (χ0n) is 47.1. The normalized spacial score (nSPS) is 19.9. The van der Waals surface area contributed by atoms with Crippen molar-refractivity contribution in [2.75, 3.05) is 61.5 Å². The van der Waals surface area contributed by atoms with Gasteiger partial charge in [0.25, 0.3) is 11.8 Å². The van der Waals surface area contributed by atoms with Gasteiger partial charge in [0.05, 0.1) is 36.7 Å². The van der Waals surface area contributed by atoms with E-state index in [4.69, 9.17) is 19.3 Å². The van der Waals surface area contributed by atoms with Crippen LogP contribution in [0.15, 0.2) is 133 Å². The minimum absolute atomic E-state index is 0.0183. The summed E-state index contributed by atoms with van der Waals surface area (Å²) >= 11 is 0. The molecule has 5 aromatic carbocycles. The summed E-state index contributed by atoms with van der Waals surface area (Å²) in [6.07, 6.45) is 6.52. The molecule has 4 fully saturated rings. The minimum atomic E-state index is -1.16. The summed E-state index contributed by atoms with van der Waals surface area (Å²) in [5, 5.41) is 8.43. The van der Waals surface area contributed by atoms with Crippen LogP contribution in [0.4, 0.5) is 0 Å². The average Bonchev–Trinajstić information content (AvgIpc) is 3.96. The molecule has 1 heterocycles. The van der Waals surface area contributed by atoms with Crippen molar-refractivity contribution in [1.82, 2.24) is 29.8 Å². The first-order valence-corrected chi connectivity index (χ1v) is 27.8. The van der Waals surface area contributed by atoms with Crippen LogP contribution in [-0.4, -0.2) is 115 Å². The fraction of sp³-hybridized carbons (Fsp3) is 0.446. The molecule has 10 rings (SSSR count). The lowest BCUT2D eigenvalue weighted by Gasteiger charge is -2.59. The van der Waals surface area contributed by atoms with Crippen molar-refractivity contribution in [3.05, 3.63) is 167 Å². The van der Waals surface area contributed by atoms with Crippen LogP contribution in [0, 0.1) is 23.7 Å². The smallest absolute Gasteiger partial charge is 0.332 e. The van der Waals surface area contributed by atoms with Crippen LogP contribution >= 0.6 is 0 Å². The summed E-state index contributed by atoms with van der Waals surface area (Å²) < 4.78 is 19.8. The summed E-state index contributed by atoms with van der Waals surface area (Å²) in [7, 11) is 9.48. The predicted molar refractivity (Wildman–Crippen MR) is 305 cm³/mol. The fourth-order valence-corrected chi connectivity index (χ4v) is 13.4. The summed E-state index contributed by atoms with van der Waals surface area (Å²) in [6.45, 7) is 13.0. The Labute approximate surface area is 457 Å². The number of carbonyl (C=O) groups is 3. The number of amides is 2. The van der Waals surface area contributed by atoms with Crippen molar-refractivity contribution in [3.8, 4) is 28.4 Å². The van der Waals surface area contributed by atoms with E-state index in [0.29, 0.717) is 52.4 Å². The number of nitrogens with one attached hydrogen (secondary N) is 1. The van der Waals surface area contributed by atoms with Gasteiger partial charge in [0, 0.05) is 25.7 Å². The Balaban J connectivity index is 0.919. The zero-order valence-corrected chi connectivity index (χ0v) is 47.1. The maximum Gasteiger partial charge on any atom is 0.332 e. The van der Waals surface area contributed by atoms with E-state index in [0.717, 1.165) is 63.7 Å². The molecule has 0 aliphatic heterocycles. The lowest BCUT2D eigenvalue weighted by molar-refractivity contribution is -0.180. The van der Waals surface area contributed by atoms with Gasteiger partial charge >= 0.3 is 5.97 Å². The Bertz CT molecular complexity index is 2860. The number of rotatable bonds is 21. The number of ether oxygens (including phenoxy) is 3. The fourth-order valence-electron chi connectivity index (χ4n) is 13.4. The van der Waals surface area contributed by atoms with Crippen molar-refractivity contribution in [2.45, 2.75) is 102 Å². The highest BCUT2D eigenvalue weighted by molar-refractivity contribution is 5.99. The molecule has 4 aliphatic rings. The third-order valence-corrected chi connectivity index (χ3v) is 16.8. The lowest BCUT2D eigenvalue weighted by atomic mass is 9.48. The molecule has 4 saturated carbocycles. The van der Waals surface area contributed by atoms with Crippen LogP contribution in [0.25, 0.3) is 16.9 Å². The number of carbonyl (C=O) groups excluding carboxylic acids is 3. The molecule has 12 nitrogen and oxygen atoms in total. The molecule has 406 valence electrons. The molecule has 2 amide bonds. The third kappa shape index (κ3) is 11.1. The molecule has 4 aliphatic carbocycles. The molecule has 1 aromatic heterocycles. The molecule has 1 N–H and O–H groups in total. The Kier molecular flexibility index (Phi) is 16.5. The molecule has 6 aromatic rings. The second-order valence-corrected chi connectivity index (χ2v) is 23.4. The van der Waals surface area contributed by atoms with Gasteiger partial charge < -0.3 is 29.3 Å². The number of methoxy groups -OCH3 is 2. The molecule has 4 bridgehead atoms. The van der Waals surface area contributed by atoms with Crippen molar-refractivity contribution in [2.24, 2.45) is 23.7 Å². The van der Waals surface area contributed by atoms with Crippen molar-refractivity contribution in [3.63, 3.8) is 0 Å². The topological polar surface area (TPSA) is 118 Å². The molecule has 0 atom stereocenters. The average molecular weight is 1040 g/mol. The van der Waals surface area contributed by atoms with Gasteiger partial charge in [-0.2, -0.15) is 5.10 Å². The minimum Gasteiger partial charge on any atom is -0.496 e. The van der Waals surface area contributed by atoms with Gasteiger partial charge in [0.2, 0.25) is 0 Å². The van der Waals surface area contributed by atoms with E-state index in [2.05, 4.69) is 134 Å². The van der Waals surface area contributed by atoms with Gasteiger partial charge in [-0.05, 0) is 181 Å². The van der Waals surface area contributed by atoms with E-state index in [-0.39, 0.29) is 35.3 Å². The Morgan fingerprint density at radius 2 is 1.19 bits per heavy atom. The molecular formula is C65H80N6O6. The van der Waals surface area contributed by atoms with Crippen LogP contribution in [0.3, 0.4) is 0 Å². The van der Waals surface area contributed by atoms with Gasteiger partial charge in [0.1, 0.15) is 22.6 Å². The first kappa shape index (κ1) is 55.0. The SMILES string of the molecule is COc1cccc(OC)c1-c1cc(C(=O)NC2(C(=O)OC(C)(C)C)C3CC4CC(C3)CC2C4)nn1-c1ccc(C(=O)N(C)CCCN(C)CCCN(C)C(c2ccccc2)(c2ccccc2)c2ccccc2)cc1C(C)C. The zero-order chi connectivity index (χ0) is 54.6. The predicted octanol–water partition coefficient (Wildman–Crippen LogP) is 11.7. The lowest BCUT2D eigenvalue weighted by Crippen LogP contribution is -2.71. The van der Waals surface area contributed by atoms with E-state index in [1.165, 1.54) is 23.1 Å². The maximum atomic E-state index is 15.0. The molecule has 0 radical (unpaired) electrons. The number of aromatic nitrogens is 2. The summed E-state index contributed by atoms with van der Waals surface area (Å²) in [5.41, 5.74) is 4.82. The van der Waals surface area contributed by atoms with E-state index < -0.39 is 22.6 Å². The van der Waals surface area contributed by atoms with E-state index >= 15 is 0 Å². The first-order chi connectivity index (χ1) is 37.0. The summed E-state index contributed by atoms with van der Waals surface area (Å²) in [5.74, 6) is 1.25. The van der Waals surface area contributed by atoms with E-state index in [1.54, 1.807) is 29.9 Å². The van der Waals surface area contributed by atoms with Gasteiger partial charge in [-0.15, -0.1) is 0 Å². The van der Waals surface area contributed by atoms with Crippen LogP contribution in [0.1, 0.15) is 129 Å².